The second-order valence-electron chi connectivity index (χ2n) is 8.06. The van der Waals surface area contributed by atoms with Gasteiger partial charge >= 0.3 is 0 Å². The van der Waals surface area contributed by atoms with Crippen molar-refractivity contribution in [1.29, 1.82) is 0 Å². The standard InChI is InChI=1S/C19H28N4O2/c1-21-11-15(10-20-21)9-14-6-8-23(12-14)19(25)17-3-2-7-22(13-17)18(24)16-4-5-16/h10-11,14,16-17H,2-9,12-13H2,1H3/t14-,17-/m1/s1. The highest BCUT2D eigenvalue weighted by Crippen LogP contribution is 2.33. The maximum absolute atomic E-state index is 12.9. The summed E-state index contributed by atoms with van der Waals surface area (Å²) in [5.41, 5.74) is 1.25. The molecule has 0 aromatic carbocycles. The fourth-order valence-electron chi connectivity index (χ4n) is 4.34. The molecule has 2 atom stereocenters. The van der Waals surface area contributed by atoms with E-state index in [9.17, 15) is 9.59 Å². The fraction of sp³-hybridized carbons (Fsp3) is 0.737. The molecule has 25 heavy (non-hydrogen) atoms. The van der Waals surface area contributed by atoms with Crippen LogP contribution in [0.3, 0.4) is 0 Å². The molecule has 6 heteroatoms. The molecule has 2 amide bonds. The summed E-state index contributed by atoms with van der Waals surface area (Å²) < 4.78 is 1.83. The van der Waals surface area contributed by atoms with E-state index in [-0.39, 0.29) is 23.7 Å². The van der Waals surface area contributed by atoms with E-state index in [4.69, 9.17) is 0 Å². The first-order valence-corrected chi connectivity index (χ1v) is 9.65. The maximum Gasteiger partial charge on any atom is 0.227 e. The van der Waals surface area contributed by atoms with Crippen molar-refractivity contribution in [2.45, 2.75) is 38.5 Å². The molecule has 0 bridgehead atoms. The number of amides is 2. The lowest BCUT2D eigenvalue weighted by Crippen LogP contribution is -2.46. The summed E-state index contributed by atoms with van der Waals surface area (Å²) in [5.74, 6) is 1.34. The summed E-state index contributed by atoms with van der Waals surface area (Å²) in [5, 5.41) is 4.23. The third kappa shape index (κ3) is 3.72. The fourth-order valence-corrected chi connectivity index (χ4v) is 4.34. The summed E-state index contributed by atoms with van der Waals surface area (Å²) in [6, 6.07) is 0. The van der Waals surface area contributed by atoms with Gasteiger partial charge in [-0.05, 0) is 50.0 Å². The summed E-state index contributed by atoms with van der Waals surface area (Å²) in [4.78, 5) is 29.2. The van der Waals surface area contributed by atoms with Gasteiger partial charge < -0.3 is 9.80 Å². The van der Waals surface area contributed by atoms with E-state index in [0.717, 1.165) is 58.2 Å². The number of hydrogen-bond acceptors (Lipinski definition) is 3. The lowest BCUT2D eigenvalue weighted by atomic mass is 9.96. The Morgan fingerprint density at radius 3 is 2.52 bits per heavy atom. The van der Waals surface area contributed by atoms with Crippen LogP contribution in [0.1, 0.15) is 37.7 Å². The van der Waals surface area contributed by atoms with Crippen molar-refractivity contribution in [3.63, 3.8) is 0 Å². The molecule has 1 aromatic rings. The van der Waals surface area contributed by atoms with Gasteiger partial charge in [0.25, 0.3) is 0 Å². The highest BCUT2D eigenvalue weighted by molar-refractivity contribution is 5.83. The lowest BCUT2D eigenvalue weighted by molar-refractivity contribution is -0.140. The van der Waals surface area contributed by atoms with Crippen LogP contribution in [0.25, 0.3) is 0 Å². The van der Waals surface area contributed by atoms with Gasteiger partial charge in [0.1, 0.15) is 0 Å². The Kier molecular flexibility index (Phi) is 4.52. The molecular weight excluding hydrogens is 316 g/mol. The summed E-state index contributed by atoms with van der Waals surface area (Å²) in [6.45, 7) is 3.18. The smallest absolute Gasteiger partial charge is 0.227 e. The molecule has 2 aliphatic heterocycles. The molecule has 2 saturated heterocycles. The second-order valence-corrected chi connectivity index (χ2v) is 8.06. The number of carbonyl (C=O) groups is 2. The maximum atomic E-state index is 12.9. The Morgan fingerprint density at radius 2 is 1.80 bits per heavy atom. The number of rotatable bonds is 4. The molecule has 4 rings (SSSR count). The average molecular weight is 344 g/mol. The molecule has 3 fully saturated rings. The number of carbonyl (C=O) groups excluding carboxylic acids is 2. The van der Waals surface area contributed by atoms with E-state index in [1.54, 1.807) is 0 Å². The lowest BCUT2D eigenvalue weighted by Gasteiger charge is -2.34. The largest absolute Gasteiger partial charge is 0.342 e. The van der Waals surface area contributed by atoms with Gasteiger partial charge in [-0.25, -0.2) is 0 Å². The van der Waals surface area contributed by atoms with Crippen LogP contribution < -0.4 is 0 Å². The monoisotopic (exact) mass is 344 g/mol. The van der Waals surface area contributed by atoms with Gasteiger partial charge in [-0.3, -0.25) is 14.3 Å². The zero-order chi connectivity index (χ0) is 17.4. The number of nitrogens with zero attached hydrogens (tertiary/aromatic N) is 4. The van der Waals surface area contributed by atoms with E-state index in [0.29, 0.717) is 12.5 Å². The number of likely N-dealkylation sites (tertiary alicyclic amines) is 2. The van der Waals surface area contributed by atoms with E-state index in [1.807, 2.05) is 27.7 Å². The highest BCUT2D eigenvalue weighted by atomic mass is 16.2. The molecule has 0 N–H and O–H groups in total. The van der Waals surface area contributed by atoms with Crippen molar-refractivity contribution in [3.8, 4) is 0 Å². The molecule has 1 aliphatic carbocycles. The number of aryl methyl sites for hydroxylation is 1. The van der Waals surface area contributed by atoms with Gasteiger partial charge in [-0.1, -0.05) is 0 Å². The molecule has 0 unspecified atom stereocenters. The Labute approximate surface area is 149 Å². The Hall–Kier alpha value is -1.85. The molecule has 0 radical (unpaired) electrons. The highest BCUT2D eigenvalue weighted by Gasteiger charge is 2.38. The first-order chi connectivity index (χ1) is 12.1. The van der Waals surface area contributed by atoms with Crippen LogP contribution in [0.2, 0.25) is 0 Å². The van der Waals surface area contributed by atoms with Crippen molar-refractivity contribution >= 4 is 11.8 Å². The average Bonchev–Trinajstić information content (AvgIpc) is 3.24. The van der Waals surface area contributed by atoms with Gasteiger partial charge in [-0.15, -0.1) is 0 Å². The SMILES string of the molecule is Cn1cc(C[C@H]2CCN(C(=O)[C@@H]3CCCN(C(=O)C4CC4)C3)C2)cn1. The van der Waals surface area contributed by atoms with Gasteiger partial charge in [0, 0.05) is 45.3 Å². The molecule has 3 heterocycles. The van der Waals surface area contributed by atoms with Crippen molar-refractivity contribution in [2.75, 3.05) is 26.2 Å². The van der Waals surface area contributed by atoms with Crippen LogP contribution in [0.5, 0.6) is 0 Å². The Bertz CT molecular complexity index is 652. The molecule has 1 aromatic heterocycles. The number of piperidine rings is 1. The minimum Gasteiger partial charge on any atom is -0.342 e. The third-order valence-electron chi connectivity index (χ3n) is 5.89. The molecule has 136 valence electrons. The van der Waals surface area contributed by atoms with E-state index >= 15 is 0 Å². The summed E-state index contributed by atoms with van der Waals surface area (Å²) >= 11 is 0. The minimum atomic E-state index is 0.00796. The first-order valence-electron chi connectivity index (χ1n) is 9.65. The predicted octanol–water partition coefficient (Wildman–Crippen LogP) is 1.46. The number of aromatic nitrogens is 2. The molecular formula is C19H28N4O2. The van der Waals surface area contributed by atoms with Gasteiger partial charge in [0.2, 0.25) is 11.8 Å². The molecule has 0 spiro atoms. The third-order valence-corrected chi connectivity index (χ3v) is 5.89. The zero-order valence-electron chi connectivity index (χ0n) is 15.1. The van der Waals surface area contributed by atoms with Crippen LogP contribution >= 0.6 is 0 Å². The van der Waals surface area contributed by atoms with Crippen LogP contribution in [0, 0.1) is 17.8 Å². The summed E-state index contributed by atoms with van der Waals surface area (Å²) in [7, 11) is 1.94. The Morgan fingerprint density at radius 1 is 1.04 bits per heavy atom. The van der Waals surface area contributed by atoms with E-state index in [1.165, 1.54) is 5.56 Å². The van der Waals surface area contributed by atoms with Crippen LogP contribution in [0.4, 0.5) is 0 Å². The molecule has 1 saturated carbocycles. The van der Waals surface area contributed by atoms with Crippen molar-refractivity contribution < 1.29 is 9.59 Å². The number of hydrogen-bond donors (Lipinski definition) is 0. The molecule has 6 nitrogen and oxygen atoms in total. The van der Waals surface area contributed by atoms with Crippen molar-refractivity contribution in [1.82, 2.24) is 19.6 Å². The van der Waals surface area contributed by atoms with Gasteiger partial charge in [0.05, 0.1) is 12.1 Å². The van der Waals surface area contributed by atoms with Crippen LogP contribution in [-0.4, -0.2) is 57.6 Å². The normalized spacial score (nSPS) is 26.9. The van der Waals surface area contributed by atoms with Gasteiger partial charge in [-0.2, -0.15) is 5.10 Å². The van der Waals surface area contributed by atoms with E-state index < -0.39 is 0 Å². The summed E-state index contributed by atoms with van der Waals surface area (Å²) in [6.07, 6.45) is 10.0. The quantitative estimate of drug-likeness (QED) is 0.831. The molecule has 3 aliphatic rings. The topological polar surface area (TPSA) is 58.4 Å². The Balaban J connectivity index is 1.31. The van der Waals surface area contributed by atoms with Crippen LogP contribution in [-0.2, 0) is 23.1 Å². The first kappa shape index (κ1) is 16.6. The zero-order valence-corrected chi connectivity index (χ0v) is 15.1. The minimum absolute atomic E-state index is 0.00796. The predicted molar refractivity (Wildman–Crippen MR) is 93.6 cm³/mol. The van der Waals surface area contributed by atoms with E-state index in [2.05, 4.69) is 11.3 Å². The van der Waals surface area contributed by atoms with Gasteiger partial charge in [0.15, 0.2) is 0 Å². The van der Waals surface area contributed by atoms with Crippen LogP contribution in [0.15, 0.2) is 12.4 Å². The van der Waals surface area contributed by atoms with Crippen molar-refractivity contribution in [2.24, 2.45) is 24.8 Å². The second kappa shape index (κ2) is 6.81. The van der Waals surface area contributed by atoms with Crippen molar-refractivity contribution in [3.05, 3.63) is 18.0 Å².